The molecule has 0 saturated heterocycles. The molecular weight excluding hydrogens is 238 g/mol. The highest BCUT2D eigenvalue weighted by Crippen LogP contribution is 2.26. The minimum Gasteiger partial charge on any atom is -0.478 e. The first-order valence-electron chi connectivity index (χ1n) is 7.33. The van der Waals surface area contributed by atoms with E-state index in [-0.39, 0.29) is 0 Å². The van der Waals surface area contributed by atoms with Gasteiger partial charge in [-0.05, 0) is 18.9 Å². The number of pyridine rings is 1. The summed E-state index contributed by atoms with van der Waals surface area (Å²) < 4.78 is 5.41. The molecule has 0 unspecified atom stereocenters. The number of rotatable bonds is 4. The van der Waals surface area contributed by atoms with Crippen LogP contribution in [0.25, 0.3) is 11.2 Å². The Morgan fingerprint density at radius 2 is 2.05 bits per heavy atom. The first-order chi connectivity index (χ1) is 9.35. The molecule has 102 valence electrons. The third-order valence-electron chi connectivity index (χ3n) is 3.87. The van der Waals surface area contributed by atoms with Gasteiger partial charge in [-0.3, -0.25) is 0 Å². The Morgan fingerprint density at radius 3 is 2.84 bits per heavy atom. The van der Waals surface area contributed by atoms with Gasteiger partial charge in [0.25, 0.3) is 0 Å². The fourth-order valence-corrected chi connectivity index (χ4v) is 2.91. The van der Waals surface area contributed by atoms with Crippen LogP contribution in [-0.4, -0.2) is 21.6 Å². The average molecular weight is 259 g/mol. The minimum absolute atomic E-state index is 0.637. The van der Waals surface area contributed by atoms with Crippen molar-refractivity contribution in [1.82, 2.24) is 15.0 Å². The van der Waals surface area contributed by atoms with E-state index in [1.165, 1.54) is 32.1 Å². The van der Waals surface area contributed by atoms with Gasteiger partial charge in [0, 0.05) is 12.5 Å². The van der Waals surface area contributed by atoms with Crippen LogP contribution in [0, 0.1) is 5.92 Å². The lowest BCUT2D eigenvalue weighted by Gasteiger charge is -2.20. The standard InChI is InChI=1S/C15H21N3O/c1-2-19-14-9-8-12-15(18-14)17-13(16-12)10-11-6-4-3-5-7-11/h8-9,11H,2-7,10H2,1H3,(H,16,17,18). The molecule has 3 rings (SSSR count). The van der Waals surface area contributed by atoms with Gasteiger partial charge in [0.05, 0.1) is 12.1 Å². The van der Waals surface area contributed by atoms with E-state index in [2.05, 4.69) is 15.0 Å². The van der Waals surface area contributed by atoms with Crippen molar-refractivity contribution in [2.24, 2.45) is 5.92 Å². The first-order valence-corrected chi connectivity index (χ1v) is 7.33. The number of hydrogen-bond donors (Lipinski definition) is 1. The van der Waals surface area contributed by atoms with Crippen LogP contribution in [-0.2, 0) is 6.42 Å². The van der Waals surface area contributed by atoms with E-state index in [9.17, 15) is 0 Å². The molecule has 1 aliphatic carbocycles. The zero-order valence-electron chi connectivity index (χ0n) is 11.5. The molecule has 0 atom stereocenters. The number of nitrogens with zero attached hydrogens (tertiary/aromatic N) is 2. The van der Waals surface area contributed by atoms with Crippen LogP contribution in [0.5, 0.6) is 5.88 Å². The smallest absolute Gasteiger partial charge is 0.215 e. The summed E-state index contributed by atoms with van der Waals surface area (Å²) in [6.45, 7) is 2.60. The summed E-state index contributed by atoms with van der Waals surface area (Å²) in [5.74, 6) is 2.52. The Balaban J connectivity index is 1.76. The largest absolute Gasteiger partial charge is 0.478 e. The minimum atomic E-state index is 0.637. The molecule has 2 aromatic heterocycles. The highest BCUT2D eigenvalue weighted by molar-refractivity contribution is 5.71. The van der Waals surface area contributed by atoms with Gasteiger partial charge in [0.1, 0.15) is 5.82 Å². The summed E-state index contributed by atoms with van der Waals surface area (Å²) in [6.07, 6.45) is 7.88. The van der Waals surface area contributed by atoms with Crippen molar-refractivity contribution < 1.29 is 4.74 Å². The molecule has 2 aromatic rings. The lowest BCUT2D eigenvalue weighted by molar-refractivity contribution is 0.328. The quantitative estimate of drug-likeness (QED) is 0.914. The Morgan fingerprint density at radius 1 is 1.21 bits per heavy atom. The maximum absolute atomic E-state index is 5.41. The van der Waals surface area contributed by atoms with Crippen LogP contribution in [0.3, 0.4) is 0 Å². The predicted octanol–water partition coefficient (Wildman–Crippen LogP) is 3.48. The zero-order chi connectivity index (χ0) is 13.1. The first kappa shape index (κ1) is 12.5. The molecule has 1 saturated carbocycles. The molecule has 0 amide bonds. The number of fused-ring (bicyclic) bond motifs is 1. The van der Waals surface area contributed by atoms with Gasteiger partial charge in [-0.1, -0.05) is 32.1 Å². The number of H-pyrrole nitrogens is 1. The van der Waals surface area contributed by atoms with E-state index in [4.69, 9.17) is 4.74 Å². The molecule has 1 N–H and O–H groups in total. The topological polar surface area (TPSA) is 50.8 Å². The number of aromatic amines is 1. The summed E-state index contributed by atoms with van der Waals surface area (Å²) in [5.41, 5.74) is 1.78. The van der Waals surface area contributed by atoms with Gasteiger partial charge in [-0.15, -0.1) is 0 Å². The van der Waals surface area contributed by atoms with Gasteiger partial charge < -0.3 is 9.72 Å². The van der Waals surface area contributed by atoms with Crippen LogP contribution in [0.15, 0.2) is 12.1 Å². The van der Waals surface area contributed by atoms with Crippen molar-refractivity contribution in [3.8, 4) is 5.88 Å². The summed E-state index contributed by atoms with van der Waals surface area (Å²) in [4.78, 5) is 12.4. The number of nitrogens with one attached hydrogen (secondary N) is 1. The highest BCUT2D eigenvalue weighted by Gasteiger charge is 2.16. The van der Waals surface area contributed by atoms with Crippen LogP contribution in [0.2, 0.25) is 0 Å². The lowest BCUT2D eigenvalue weighted by Crippen LogP contribution is -2.10. The Labute approximate surface area is 113 Å². The van der Waals surface area contributed by atoms with E-state index >= 15 is 0 Å². The Kier molecular flexibility index (Phi) is 3.67. The van der Waals surface area contributed by atoms with E-state index in [0.29, 0.717) is 12.5 Å². The zero-order valence-corrected chi connectivity index (χ0v) is 11.5. The van der Waals surface area contributed by atoms with E-state index in [1.54, 1.807) is 0 Å². The van der Waals surface area contributed by atoms with Crippen LogP contribution in [0.4, 0.5) is 0 Å². The monoisotopic (exact) mass is 259 g/mol. The van der Waals surface area contributed by atoms with E-state index in [0.717, 1.165) is 29.3 Å². The van der Waals surface area contributed by atoms with Crippen molar-refractivity contribution in [2.75, 3.05) is 6.61 Å². The second kappa shape index (κ2) is 5.59. The number of ether oxygens (including phenoxy) is 1. The predicted molar refractivity (Wildman–Crippen MR) is 75.3 cm³/mol. The molecule has 19 heavy (non-hydrogen) atoms. The third-order valence-corrected chi connectivity index (χ3v) is 3.87. The molecule has 1 fully saturated rings. The van der Waals surface area contributed by atoms with Crippen molar-refractivity contribution in [2.45, 2.75) is 45.4 Å². The lowest BCUT2D eigenvalue weighted by atomic mass is 9.87. The normalized spacial score (nSPS) is 16.9. The number of hydrogen-bond acceptors (Lipinski definition) is 3. The second-order valence-corrected chi connectivity index (χ2v) is 5.35. The molecule has 1 aliphatic rings. The third kappa shape index (κ3) is 2.88. The maximum Gasteiger partial charge on any atom is 0.215 e. The fourth-order valence-electron chi connectivity index (χ4n) is 2.91. The molecule has 4 nitrogen and oxygen atoms in total. The van der Waals surface area contributed by atoms with Crippen LogP contribution < -0.4 is 4.74 Å². The molecule has 2 heterocycles. The Hall–Kier alpha value is -1.58. The summed E-state index contributed by atoms with van der Waals surface area (Å²) in [7, 11) is 0. The molecule has 0 spiro atoms. The molecule has 0 aliphatic heterocycles. The molecular formula is C15H21N3O. The van der Waals surface area contributed by atoms with Gasteiger partial charge in [0.2, 0.25) is 5.88 Å². The summed E-state index contributed by atoms with van der Waals surface area (Å²) >= 11 is 0. The maximum atomic E-state index is 5.41. The number of aromatic nitrogens is 3. The summed E-state index contributed by atoms with van der Waals surface area (Å²) in [5, 5.41) is 0. The van der Waals surface area contributed by atoms with Crippen molar-refractivity contribution >= 4 is 11.2 Å². The fraction of sp³-hybridized carbons (Fsp3) is 0.600. The van der Waals surface area contributed by atoms with Crippen LogP contribution >= 0.6 is 0 Å². The van der Waals surface area contributed by atoms with Crippen molar-refractivity contribution in [3.05, 3.63) is 18.0 Å². The van der Waals surface area contributed by atoms with E-state index in [1.807, 2.05) is 19.1 Å². The van der Waals surface area contributed by atoms with Crippen molar-refractivity contribution in [3.63, 3.8) is 0 Å². The van der Waals surface area contributed by atoms with Gasteiger partial charge in [0.15, 0.2) is 5.65 Å². The molecule has 4 heteroatoms. The Bertz CT molecular complexity index is 543. The van der Waals surface area contributed by atoms with E-state index < -0.39 is 0 Å². The van der Waals surface area contributed by atoms with Gasteiger partial charge in [-0.25, -0.2) is 4.98 Å². The second-order valence-electron chi connectivity index (χ2n) is 5.35. The molecule has 0 radical (unpaired) electrons. The SMILES string of the molecule is CCOc1ccc2[nH]c(CC3CCCCC3)nc2n1. The molecule has 0 bridgehead atoms. The highest BCUT2D eigenvalue weighted by atomic mass is 16.5. The summed E-state index contributed by atoms with van der Waals surface area (Å²) in [6, 6.07) is 3.90. The van der Waals surface area contributed by atoms with Gasteiger partial charge >= 0.3 is 0 Å². The van der Waals surface area contributed by atoms with Crippen molar-refractivity contribution in [1.29, 1.82) is 0 Å². The molecule has 0 aromatic carbocycles. The van der Waals surface area contributed by atoms with Gasteiger partial charge in [-0.2, -0.15) is 4.98 Å². The average Bonchev–Trinajstić information content (AvgIpc) is 2.82. The van der Waals surface area contributed by atoms with Crippen LogP contribution in [0.1, 0.15) is 44.9 Å². The number of imidazole rings is 1.